The number of halogens is 1. The van der Waals surface area contributed by atoms with Gasteiger partial charge in [-0.2, -0.15) is 4.31 Å². The fourth-order valence-electron chi connectivity index (χ4n) is 2.90. The molecular formula is C15H20FNO5S. The van der Waals surface area contributed by atoms with Crippen LogP contribution in [0.5, 0.6) is 5.75 Å². The van der Waals surface area contributed by atoms with Crippen LogP contribution in [0.3, 0.4) is 0 Å². The first-order valence-corrected chi connectivity index (χ1v) is 8.68. The van der Waals surface area contributed by atoms with Crippen LogP contribution in [-0.4, -0.2) is 44.0 Å². The molecule has 1 fully saturated rings. The highest BCUT2D eigenvalue weighted by atomic mass is 32.2. The number of rotatable bonds is 4. The van der Waals surface area contributed by atoms with Crippen LogP contribution in [0.15, 0.2) is 17.0 Å². The number of piperidine rings is 1. The van der Waals surface area contributed by atoms with E-state index in [-0.39, 0.29) is 35.2 Å². The Morgan fingerprint density at radius 2 is 2.04 bits per heavy atom. The van der Waals surface area contributed by atoms with Gasteiger partial charge in [0.15, 0.2) is 11.6 Å². The van der Waals surface area contributed by atoms with Crippen LogP contribution >= 0.6 is 0 Å². The van der Waals surface area contributed by atoms with Crippen LogP contribution in [-0.2, 0) is 14.8 Å². The van der Waals surface area contributed by atoms with Crippen molar-refractivity contribution in [2.75, 3.05) is 20.2 Å². The summed E-state index contributed by atoms with van der Waals surface area (Å²) < 4.78 is 45.7. The van der Waals surface area contributed by atoms with Gasteiger partial charge in [-0.1, -0.05) is 6.92 Å². The lowest BCUT2D eigenvalue weighted by Crippen LogP contribution is -2.45. The normalized spacial score (nSPS) is 22.8. The number of hydrogen-bond donors (Lipinski definition) is 1. The molecule has 1 aromatic carbocycles. The van der Waals surface area contributed by atoms with Crippen molar-refractivity contribution in [2.24, 2.45) is 11.8 Å². The third-order valence-electron chi connectivity index (χ3n) is 4.11. The molecule has 2 rings (SSSR count). The molecule has 0 radical (unpaired) electrons. The Labute approximate surface area is 134 Å². The maximum absolute atomic E-state index is 14.1. The number of ether oxygens (including phenoxy) is 1. The standard InChI is InChI=1S/C15H20FNO5S/c1-9-6-11(15(18)19)8-17(7-9)23(20,21)13-5-4-12(22-3)14(16)10(13)2/h4-5,9,11H,6-8H2,1-3H3,(H,18,19). The SMILES string of the molecule is COc1ccc(S(=O)(=O)N2CC(C)CC(C(=O)O)C2)c(C)c1F. The monoisotopic (exact) mass is 345 g/mol. The van der Waals surface area contributed by atoms with E-state index in [1.54, 1.807) is 6.92 Å². The summed E-state index contributed by atoms with van der Waals surface area (Å²) in [5, 5.41) is 9.18. The van der Waals surface area contributed by atoms with E-state index in [1.165, 1.54) is 26.2 Å². The highest BCUT2D eigenvalue weighted by Crippen LogP contribution is 2.31. The van der Waals surface area contributed by atoms with E-state index >= 15 is 0 Å². The van der Waals surface area contributed by atoms with Gasteiger partial charge in [-0.15, -0.1) is 0 Å². The summed E-state index contributed by atoms with van der Waals surface area (Å²) in [6, 6.07) is 2.55. The van der Waals surface area contributed by atoms with Crippen molar-refractivity contribution >= 4 is 16.0 Å². The maximum atomic E-state index is 14.1. The Hall–Kier alpha value is -1.67. The van der Waals surface area contributed by atoms with Crippen molar-refractivity contribution in [1.29, 1.82) is 0 Å². The summed E-state index contributed by atoms with van der Waals surface area (Å²) in [6.45, 7) is 3.29. The molecule has 0 aliphatic carbocycles. The van der Waals surface area contributed by atoms with Crippen molar-refractivity contribution in [3.05, 3.63) is 23.5 Å². The molecule has 6 nitrogen and oxygen atoms in total. The van der Waals surface area contributed by atoms with E-state index in [9.17, 15) is 22.7 Å². The summed E-state index contributed by atoms with van der Waals surface area (Å²) in [7, 11) is -2.66. The number of aliphatic carboxylic acids is 1. The van der Waals surface area contributed by atoms with Crippen molar-refractivity contribution in [1.82, 2.24) is 4.31 Å². The van der Waals surface area contributed by atoms with Crippen molar-refractivity contribution in [2.45, 2.75) is 25.2 Å². The molecule has 1 saturated heterocycles. The average molecular weight is 345 g/mol. The van der Waals surface area contributed by atoms with Crippen LogP contribution in [0.4, 0.5) is 4.39 Å². The van der Waals surface area contributed by atoms with E-state index in [0.717, 1.165) is 4.31 Å². The molecule has 0 spiro atoms. The van der Waals surface area contributed by atoms with Gasteiger partial charge >= 0.3 is 5.97 Å². The van der Waals surface area contributed by atoms with E-state index < -0.39 is 27.7 Å². The second-order valence-electron chi connectivity index (χ2n) is 5.90. The molecule has 2 atom stereocenters. The zero-order valence-electron chi connectivity index (χ0n) is 13.2. The third-order valence-corrected chi connectivity index (χ3v) is 6.09. The summed E-state index contributed by atoms with van der Waals surface area (Å²) in [5.41, 5.74) is -0.0329. The highest BCUT2D eigenvalue weighted by Gasteiger charge is 2.37. The lowest BCUT2D eigenvalue weighted by atomic mass is 9.92. The molecule has 1 aromatic rings. The molecular weight excluding hydrogens is 325 g/mol. The third kappa shape index (κ3) is 3.32. The fourth-order valence-corrected chi connectivity index (χ4v) is 4.72. The first-order valence-electron chi connectivity index (χ1n) is 7.24. The first-order chi connectivity index (χ1) is 10.7. The number of carboxylic acids is 1. The van der Waals surface area contributed by atoms with Crippen LogP contribution in [0.2, 0.25) is 0 Å². The van der Waals surface area contributed by atoms with E-state index in [4.69, 9.17) is 4.74 Å². The Bertz CT molecular complexity index is 719. The Kier molecular flexibility index (Phi) is 4.95. The number of sulfonamides is 1. The van der Waals surface area contributed by atoms with Gasteiger partial charge < -0.3 is 9.84 Å². The lowest BCUT2D eigenvalue weighted by Gasteiger charge is -2.34. The molecule has 0 bridgehead atoms. The first kappa shape index (κ1) is 17.7. The van der Waals surface area contributed by atoms with Gasteiger partial charge in [0.05, 0.1) is 17.9 Å². The minimum absolute atomic E-state index is 0.0307. The van der Waals surface area contributed by atoms with Crippen LogP contribution in [0, 0.1) is 24.6 Å². The van der Waals surface area contributed by atoms with Gasteiger partial charge in [0.1, 0.15) is 0 Å². The molecule has 1 aliphatic heterocycles. The van der Waals surface area contributed by atoms with Crippen molar-refractivity contribution in [3.63, 3.8) is 0 Å². The topological polar surface area (TPSA) is 83.9 Å². The molecule has 2 unspecified atom stereocenters. The Morgan fingerprint density at radius 1 is 1.39 bits per heavy atom. The van der Waals surface area contributed by atoms with Crippen LogP contribution < -0.4 is 4.74 Å². The van der Waals surface area contributed by atoms with Crippen molar-refractivity contribution < 1.29 is 27.4 Å². The van der Waals surface area contributed by atoms with Gasteiger partial charge in [0, 0.05) is 18.7 Å². The van der Waals surface area contributed by atoms with E-state index in [0.29, 0.717) is 6.42 Å². The van der Waals surface area contributed by atoms with Gasteiger partial charge in [-0.05, 0) is 31.4 Å². The molecule has 23 heavy (non-hydrogen) atoms. The number of carbonyl (C=O) groups is 1. The van der Waals surface area contributed by atoms with E-state index in [1.807, 2.05) is 0 Å². The predicted molar refractivity (Wildman–Crippen MR) is 81.4 cm³/mol. The second-order valence-corrected chi connectivity index (χ2v) is 7.81. The number of hydrogen-bond acceptors (Lipinski definition) is 4. The quantitative estimate of drug-likeness (QED) is 0.901. The van der Waals surface area contributed by atoms with Gasteiger partial charge in [0.25, 0.3) is 0 Å². The van der Waals surface area contributed by atoms with Gasteiger partial charge in [0.2, 0.25) is 10.0 Å². The maximum Gasteiger partial charge on any atom is 0.307 e. The lowest BCUT2D eigenvalue weighted by molar-refractivity contribution is -0.143. The fraction of sp³-hybridized carbons (Fsp3) is 0.533. The summed E-state index contributed by atoms with van der Waals surface area (Å²) in [4.78, 5) is 11.1. The van der Waals surface area contributed by atoms with E-state index in [2.05, 4.69) is 0 Å². The summed E-state index contributed by atoms with van der Waals surface area (Å²) in [5.74, 6) is -2.61. The smallest absolute Gasteiger partial charge is 0.307 e. The largest absolute Gasteiger partial charge is 0.494 e. The minimum Gasteiger partial charge on any atom is -0.494 e. The Balaban J connectivity index is 2.42. The molecule has 1 N–H and O–H groups in total. The highest BCUT2D eigenvalue weighted by molar-refractivity contribution is 7.89. The predicted octanol–water partition coefficient (Wildman–Crippen LogP) is 1.87. The number of benzene rings is 1. The molecule has 8 heteroatoms. The molecule has 128 valence electrons. The van der Waals surface area contributed by atoms with Crippen LogP contribution in [0.25, 0.3) is 0 Å². The number of methoxy groups -OCH3 is 1. The Morgan fingerprint density at radius 3 is 2.61 bits per heavy atom. The number of carboxylic acid groups (broad SMARTS) is 1. The molecule has 0 saturated carbocycles. The zero-order valence-corrected chi connectivity index (χ0v) is 14.1. The summed E-state index contributed by atoms with van der Waals surface area (Å²) in [6.07, 6.45) is 0.428. The summed E-state index contributed by atoms with van der Waals surface area (Å²) >= 11 is 0. The van der Waals surface area contributed by atoms with Gasteiger partial charge in [-0.3, -0.25) is 4.79 Å². The number of nitrogens with zero attached hydrogens (tertiary/aromatic N) is 1. The molecule has 0 amide bonds. The molecule has 0 aromatic heterocycles. The second kappa shape index (κ2) is 6.45. The van der Waals surface area contributed by atoms with Crippen LogP contribution in [0.1, 0.15) is 18.9 Å². The molecule has 1 aliphatic rings. The van der Waals surface area contributed by atoms with Crippen molar-refractivity contribution in [3.8, 4) is 5.75 Å². The van der Waals surface area contributed by atoms with Gasteiger partial charge in [-0.25, -0.2) is 12.8 Å². The average Bonchev–Trinajstić information content (AvgIpc) is 2.49. The molecule has 1 heterocycles. The minimum atomic E-state index is -3.97. The zero-order chi connectivity index (χ0) is 17.4.